The van der Waals surface area contributed by atoms with Crippen LogP contribution < -0.4 is 0 Å². The Bertz CT molecular complexity index is 587. The number of nitrogens with zero attached hydrogens (tertiary/aromatic N) is 2. The number of benzene rings is 1. The van der Waals surface area contributed by atoms with Crippen LogP contribution in [0, 0.1) is 3.83 Å². The molecule has 94 valence electrons. The van der Waals surface area contributed by atoms with Gasteiger partial charge in [0.1, 0.15) is 5.69 Å². The first-order chi connectivity index (χ1) is 8.36. The van der Waals surface area contributed by atoms with Gasteiger partial charge in [-0.2, -0.15) is 13.2 Å². The summed E-state index contributed by atoms with van der Waals surface area (Å²) in [5, 5.41) is 0. The van der Waals surface area contributed by atoms with Crippen LogP contribution in [0.3, 0.4) is 0 Å². The Hall–Kier alpha value is -0.700. The molecule has 0 unspecified atom stereocenters. The number of aromatic nitrogens is 2. The van der Waals surface area contributed by atoms with Crippen molar-refractivity contribution in [3.05, 3.63) is 44.3 Å². The van der Waals surface area contributed by atoms with Gasteiger partial charge in [0.25, 0.3) is 0 Å². The highest BCUT2D eigenvalue weighted by Gasteiger charge is 2.33. The van der Waals surface area contributed by atoms with E-state index < -0.39 is 11.9 Å². The van der Waals surface area contributed by atoms with Crippen molar-refractivity contribution in [1.82, 2.24) is 9.97 Å². The van der Waals surface area contributed by atoms with Crippen LogP contribution in [-0.2, 0) is 6.18 Å². The Labute approximate surface area is 123 Å². The number of alkyl halides is 3. The minimum atomic E-state index is -4.47. The lowest BCUT2D eigenvalue weighted by atomic mass is 10.1. The summed E-state index contributed by atoms with van der Waals surface area (Å²) in [7, 11) is 0. The summed E-state index contributed by atoms with van der Waals surface area (Å²) in [6, 6.07) is 7.88. The minimum absolute atomic E-state index is 0.0670. The molecule has 0 saturated carbocycles. The predicted octanol–water partition coefficient (Wildman–Crippen LogP) is 4.53. The molecule has 2 nitrogen and oxygen atoms in total. The first-order valence-corrected chi connectivity index (χ1v) is 6.61. The van der Waals surface area contributed by atoms with E-state index in [1.165, 1.54) is 0 Å². The van der Waals surface area contributed by atoms with Crippen LogP contribution in [0.15, 0.2) is 34.8 Å². The summed E-state index contributed by atoms with van der Waals surface area (Å²) < 4.78 is 38.8. The van der Waals surface area contributed by atoms with Gasteiger partial charge in [-0.15, -0.1) is 0 Å². The third-order valence-electron chi connectivity index (χ3n) is 2.11. The second-order valence-electron chi connectivity index (χ2n) is 3.42. The Morgan fingerprint density at radius 3 is 2.44 bits per heavy atom. The molecular weight excluding hydrogens is 424 g/mol. The molecule has 0 N–H and O–H groups in total. The normalized spacial score (nSPS) is 11.6. The van der Waals surface area contributed by atoms with Gasteiger partial charge in [0, 0.05) is 32.6 Å². The number of hydrogen-bond acceptors (Lipinski definition) is 2. The lowest BCUT2D eigenvalue weighted by Gasteiger charge is -2.08. The van der Waals surface area contributed by atoms with Crippen LogP contribution in [0.2, 0.25) is 0 Å². The number of hydrogen-bond donors (Lipinski definition) is 0. The van der Waals surface area contributed by atoms with Gasteiger partial charge in [0.15, 0.2) is 3.83 Å². The first kappa shape index (κ1) is 13.7. The Balaban J connectivity index is 2.55. The standard InChI is InChI=1S/C11H5BrF3IN2/c12-7-3-1-2-6(4-7)8-5-9(11(13,14)15)18-10(16)17-8/h1-5H. The lowest BCUT2D eigenvalue weighted by Crippen LogP contribution is -2.10. The number of rotatable bonds is 1. The first-order valence-electron chi connectivity index (χ1n) is 4.74. The third-order valence-corrected chi connectivity index (χ3v) is 3.09. The van der Waals surface area contributed by atoms with Gasteiger partial charge in [-0.1, -0.05) is 28.1 Å². The van der Waals surface area contributed by atoms with Crippen LogP contribution in [0.1, 0.15) is 5.69 Å². The SMILES string of the molecule is FC(F)(F)c1cc(-c2cccc(Br)c2)nc(I)n1. The molecule has 0 radical (unpaired) electrons. The van der Waals surface area contributed by atoms with E-state index >= 15 is 0 Å². The zero-order valence-electron chi connectivity index (χ0n) is 8.67. The molecule has 0 aliphatic rings. The zero-order valence-corrected chi connectivity index (χ0v) is 12.4. The number of halogens is 5. The quantitative estimate of drug-likeness (QED) is 0.492. The molecule has 1 heterocycles. The van der Waals surface area contributed by atoms with Crippen LogP contribution in [0.4, 0.5) is 13.2 Å². The molecule has 18 heavy (non-hydrogen) atoms. The lowest BCUT2D eigenvalue weighted by molar-refractivity contribution is -0.141. The molecule has 0 amide bonds. The largest absolute Gasteiger partial charge is 0.433 e. The highest BCUT2D eigenvalue weighted by Crippen LogP contribution is 2.31. The summed E-state index contributed by atoms with van der Waals surface area (Å²) in [5.41, 5.74) is -0.0740. The molecule has 7 heteroatoms. The second-order valence-corrected chi connectivity index (χ2v) is 5.30. The molecule has 0 bridgehead atoms. The molecule has 0 saturated heterocycles. The molecule has 1 aromatic heterocycles. The fourth-order valence-corrected chi connectivity index (χ4v) is 2.28. The van der Waals surface area contributed by atoms with Crippen molar-refractivity contribution in [3.63, 3.8) is 0 Å². The van der Waals surface area contributed by atoms with Crippen molar-refractivity contribution >= 4 is 38.5 Å². The van der Waals surface area contributed by atoms with Crippen LogP contribution in [0.5, 0.6) is 0 Å². The van der Waals surface area contributed by atoms with Crippen molar-refractivity contribution in [3.8, 4) is 11.3 Å². The predicted molar refractivity (Wildman–Crippen MR) is 72.9 cm³/mol. The van der Waals surface area contributed by atoms with E-state index in [1.54, 1.807) is 46.9 Å². The summed E-state index contributed by atoms with van der Waals surface area (Å²) in [4.78, 5) is 7.41. The summed E-state index contributed by atoms with van der Waals surface area (Å²) in [6.07, 6.45) is -4.47. The maximum atomic E-state index is 12.6. The molecule has 0 fully saturated rings. The molecule has 0 spiro atoms. The average Bonchev–Trinajstić information content (AvgIpc) is 2.27. The molecule has 0 aliphatic carbocycles. The Kier molecular flexibility index (Phi) is 3.90. The monoisotopic (exact) mass is 428 g/mol. The van der Waals surface area contributed by atoms with E-state index in [9.17, 15) is 13.2 Å². The highest BCUT2D eigenvalue weighted by molar-refractivity contribution is 14.1. The van der Waals surface area contributed by atoms with Gasteiger partial charge in [0.2, 0.25) is 0 Å². The van der Waals surface area contributed by atoms with Gasteiger partial charge in [0.05, 0.1) is 5.69 Å². The maximum Gasteiger partial charge on any atom is 0.433 e. The van der Waals surface area contributed by atoms with Gasteiger partial charge < -0.3 is 0 Å². The van der Waals surface area contributed by atoms with Crippen molar-refractivity contribution in [2.45, 2.75) is 6.18 Å². The second kappa shape index (κ2) is 5.12. The topological polar surface area (TPSA) is 25.8 Å². The van der Waals surface area contributed by atoms with Gasteiger partial charge >= 0.3 is 6.18 Å². The molecule has 2 rings (SSSR count). The highest BCUT2D eigenvalue weighted by atomic mass is 127. The Morgan fingerprint density at radius 1 is 1.11 bits per heavy atom. The van der Waals surface area contributed by atoms with E-state index in [4.69, 9.17) is 0 Å². The Morgan fingerprint density at radius 2 is 1.83 bits per heavy atom. The fraction of sp³-hybridized carbons (Fsp3) is 0.0909. The average molecular weight is 429 g/mol. The van der Waals surface area contributed by atoms with E-state index in [-0.39, 0.29) is 9.53 Å². The fourth-order valence-electron chi connectivity index (χ4n) is 1.36. The van der Waals surface area contributed by atoms with Gasteiger partial charge in [-0.05, 0) is 18.2 Å². The van der Waals surface area contributed by atoms with Gasteiger partial charge in [-0.3, -0.25) is 0 Å². The van der Waals surface area contributed by atoms with Crippen molar-refractivity contribution in [1.29, 1.82) is 0 Å². The molecule has 0 atom stereocenters. The van der Waals surface area contributed by atoms with Crippen molar-refractivity contribution < 1.29 is 13.2 Å². The molecule has 2 aromatic rings. The smallest absolute Gasteiger partial charge is 0.223 e. The van der Waals surface area contributed by atoms with E-state index in [0.29, 0.717) is 5.56 Å². The van der Waals surface area contributed by atoms with Crippen LogP contribution in [0.25, 0.3) is 11.3 Å². The van der Waals surface area contributed by atoms with E-state index in [0.717, 1.165) is 10.5 Å². The summed E-state index contributed by atoms with van der Waals surface area (Å²) in [5.74, 6) is 0. The van der Waals surface area contributed by atoms with E-state index in [2.05, 4.69) is 25.9 Å². The third kappa shape index (κ3) is 3.19. The van der Waals surface area contributed by atoms with Crippen LogP contribution >= 0.6 is 38.5 Å². The van der Waals surface area contributed by atoms with Gasteiger partial charge in [-0.25, -0.2) is 9.97 Å². The summed E-state index contributed by atoms with van der Waals surface area (Å²) >= 11 is 4.94. The maximum absolute atomic E-state index is 12.6. The summed E-state index contributed by atoms with van der Waals surface area (Å²) in [6.45, 7) is 0. The van der Waals surface area contributed by atoms with Crippen LogP contribution in [-0.4, -0.2) is 9.97 Å². The van der Waals surface area contributed by atoms with Crippen molar-refractivity contribution in [2.75, 3.05) is 0 Å². The van der Waals surface area contributed by atoms with Crippen molar-refractivity contribution in [2.24, 2.45) is 0 Å². The zero-order chi connectivity index (χ0) is 13.3. The van der Waals surface area contributed by atoms with E-state index in [1.807, 2.05) is 0 Å². The minimum Gasteiger partial charge on any atom is -0.223 e. The molecule has 1 aromatic carbocycles. The molecular formula is C11H5BrF3IN2. The molecule has 0 aliphatic heterocycles.